The second-order valence-corrected chi connectivity index (χ2v) is 9.95. The van der Waals surface area contributed by atoms with Crippen molar-refractivity contribution < 1.29 is 4.79 Å². The van der Waals surface area contributed by atoms with Crippen LogP contribution in [0.4, 0.5) is 5.13 Å². The van der Waals surface area contributed by atoms with Gasteiger partial charge in [0.05, 0.1) is 15.2 Å². The number of nitrogens with zero attached hydrogens (tertiary/aromatic N) is 3. The molecule has 0 aliphatic carbocycles. The maximum atomic E-state index is 13.6. The van der Waals surface area contributed by atoms with Crippen molar-refractivity contribution in [2.45, 2.75) is 19.8 Å². The Bertz CT molecular complexity index is 1200. The highest BCUT2D eigenvalue weighted by Crippen LogP contribution is 2.38. The smallest absolute Gasteiger partial charge is 0.271 e. The van der Waals surface area contributed by atoms with E-state index in [2.05, 4.69) is 24.0 Å². The number of anilines is 1. The summed E-state index contributed by atoms with van der Waals surface area (Å²) in [7, 11) is 4.08. The van der Waals surface area contributed by atoms with Gasteiger partial charge in [0.2, 0.25) is 0 Å². The van der Waals surface area contributed by atoms with E-state index in [4.69, 9.17) is 16.6 Å². The predicted octanol–water partition coefficient (Wildman–Crippen LogP) is 6.33. The zero-order valence-corrected chi connectivity index (χ0v) is 19.7. The van der Waals surface area contributed by atoms with Gasteiger partial charge < -0.3 is 4.90 Å². The normalized spacial score (nSPS) is 11.6. The van der Waals surface area contributed by atoms with E-state index in [1.54, 1.807) is 16.2 Å². The molecule has 0 aliphatic heterocycles. The standard InChI is InChI=1S/C23H24ClN3OS2/c1-4-15-10-11-17-19(14-15)30-23(25-17)27(13-7-12-26(2)3)22(28)21-20(24)16-8-5-6-9-18(16)29-21/h5-6,8-11,14H,4,7,12-13H2,1-3H3. The van der Waals surface area contributed by atoms with E-state index >= 15 is 0 Å². The second-order valence-electron chi connectivity index (χ2n) is 7.51. The van der Waals surface area contributed by atoms with Crippen LogP contribution in [-0.2, 0) is 6.42 Å². The average Bonchev–Trinajstić information content (AvgIpc) is 3.31. The van der Waals surface area contributed by atoms with Crippen molar-refractivity contribution in [2.75, 3.05) is 32.1 Å². The molecule has 0 fully saturated rings. The highest BCUT2D eigenvalue weighted by atomic mass is 35.5. The molecule has 0 unspecified atom stereocenters. The third kappa shape index (κ3) is 4.23. The monoisotopic (exact) mass is 457 g/mol. The van der Waals surface area contributed by atoms with E-state index in [0.29, 0.717) is 16.4 Å². The molecule has 4 rings (SSSR count). The van der Waals surface area contributed by atoms with Crippen molar-refractivity contribution in [3.63, 3.8) is 0 Å². The fraction of sp³-hybridized carbons (Fsp3) is 0.304. The number of halogens is 1. The molecule has 0 spiro atoms. The van der Waals surface area contributed by atoms with Gasteiger partial charge in [0.25, 0.3) is 5.91 Å². The van der Waals surface area contributed by atoms with Gasteiger partial charge in [0, 0.05) is 16.6 Å². The van der Waals surface area contributed by atoms with Crippen LogP contribution in [0.1, 0.15) is 28.6 Å². The summed E-state index contributed by atoms with van der Waals surface area (Å²) in [6.07, 6.45) is 1.84. The number of benzene rings is 2. The summed E-state index contributed by atoms with van der Waals surface area (Å²) < 4.78 is 2.13. The summed E-state index contributed by atoms with van der Waals surface area (Å²) in [5, 5.41) is 2.20. The van der Waals surface area contributed by atoms with Crippen LogP contribution in [0, 0.1) is 0 Å². The van der Waals surface area contributed by atoms with Crippen LogP contribution >= 0.6 is 34.3 Å². The fourth-order valence-electron chi connectivity index (χ4n) is 3.40. The number of fused-ring (bicyclic) bond motifs is 2. The van der Waals surface area contributed by atoms with Crippen molar-refractivity contribution in [3.8, 4) is 0 Å². The molecule has 2 aromatic heterocycles. The number of rotatable bonds is 7. The lowest BCUT2D eigenvalue weighted by atomic mass is 10.2. The number of amides is 1. The highest BCUT2D eigenvalue weighted by Gasteiger charge is 2.26. The van der Waals surface area contributed by atoms with Crippen LogP contribution in [-0.4, -0.2) is 43.0 Å². The lowest BCUT2D eigenvalue weighted by Gasteiger charge is -2.20. The first-order valence-corrected chi connectivity index (χ1v) is 12.0. The van der Waals surface area contributed by atoms with Gasteiger partial charge in [-0.25, -0.2) is 4.98 Å². The van der Waals surface area contributed by atoms with E-state index in [-0.39, 0.29) is 5.91 Å². The molecule has 0 aliphatic rings. The van der Waals surface area contributed by atoms with Crippen LogP contribution in [0.25, 0.3) is 20.3 Å². The SMILES string of the molecule is CCc1ccc2nc(N(CCCN(C)C)C(=O)c3sc4ccccc4c3Cl)sc2c1. The lowest BCUT2D eigenvalue weighted by molar-refractivity contribution is 0.0990. The number of thiazole rings is 1. The molecule has 0 bridgehead atoms. The van der Waals surface area contributed by atoms with Gasteiger partial charge in [-0.1, -0.05) is 54.1 Å². The summed E-state index contributed by atoms with van der Waals surface area (Å²) in [4.78, 5) is 22.9. The number of aromatic nitrogens is 1. The number of thiophene rings is 1. The summed E-state index contributed by atoms with van der Waals surface area (Å²) in [5.74, 6) is -0.0743. The zero-order valence-electron chi connectivity index (χ0n) is 17.3. The van der Waals surface area contributed by atoms with Gasteiger partial charge in [0.15, 0.2) is 5.13 Å². The molecule has 156 valence electrons. The molecule has 0 radical (unpaired) electrons. The first-order valence-electron chi connectivity index (χ1n) is 10.0. The summed E-state index contributed by atoms with van der Waals surface area (Å²) >= 11 is 9.65. The van der Waals surface area contributed by atoms with Crippen molar-refractivity contribution in [1.82, 2.24) is 9.88 Å². The second kappa shape index (κ2) is 9.02. The maximum absolute atomic E-state index is 13.6. The van der Waals surface area contributed by atoms with Crippen molar-refractivity contribution >= 4 is 65.6 Å². The Labute approximate surface area is 189 Å². The Morgan fingerprint density at radius 3 is 2.60 bits per heavy atom. The van der Waals surface area contributed by atoms with E-state index < -0.39 is 0 Å². The van der Waals surface area contributed by atoms with Gasteiger partial charge in [-0.3, -0.25) is 9.69 Å². The Morgan fingerprint density at radius 1 is 1.07 bits per heavy atom. The predicted molar refractivity (Wildman–Crippen MR) is 131 cm³/mol. The topological polar surface area (TPSA) is 36.4 Å². The molecule has 1 amide bonds. The minimum Gasteiger partial charge on any atom is -0.309 e. The summed E-state index contributed by atoms with van der Waals surface area (Å²) in [6, 6.07) is 14.2. The van der Waals surface area contributed by atoms with E-state index in [1.807, 2.05) is 44.4 Å². The molecule has 0 saturated heterocycles. The van der Waals surface area contributed by atoms with Gasteiger partial charge in [-0.2, -0.15) is 0 Å². The molecular formula is C23H24ClN3OS2. The quantitative estimate of drug-likeness (QED) is 0.325. The molecule has 2 aromatic carbocycles. The molecular weight excluding hydrogens is 434 g/mol. The molecule has 4 aromatic rings. The van der Waals surface area contributed by atoms with Crippen molar-refractivity contribution in [2.24, 2.45) is 0 Å². The van der Waals surface area contributed by atoms with E-state index in [1.165, 1.54) is 16.9 Å². The highest BCUT2D eigenvalue weighted by molar-refractivity contribution is 7.23. The van der Waals surface area contributed by atoms with Crippen LogP contribution < -0.4 is 4.90 Å². The van der Waals surface area contributed by atoms with E-state index in [9.17, 15) is 4.79 Å². The van der Waals surface area contributed by atoms with Gasteiger partial charge in [0.1, 0.15) is 4.88 Å². The molecule has 30 heavy (non-hydrogen) atoms. The minimum absolute atomic E-state index is 0.0743. The number of hydrogen-bond donors (Lipinski definition) is 0. The lowest BCUT2D eigenvalue weighted by Crippen LogP contribution is -2.33. The number of hydrogen-bond acceptors (Lipinski definition) is 5. The molecule has 0 atom stereocenters. The van der Waals surface area contributed by atoms with Crippen LogP contribution in [0.15, 0.2) is 42.5 Å². The Kier molecular flexibility index (Phi) is 6.39. The van der Waals surface area contributed by atoms with Crippen LogP contribution in [0.3, 0.4) is 0 Å². The van der Waals surface area contributed by atoms with Crippen molar-refractivity contribution in [3.05, 3.63) is 57.9 Å². The first kappa shape index (κ1) is 21.2. The zero-order chi connectivity index (χ0) is 21.3. The molecule has 0 N–H and O–H groups in total. The van der Waals surface area contributed by atoms with Crippen molar-refractivity contribution in [1.29, 1.82) is 0 Å². The van der Waals surface area contributed by atoms with E-state index in [0.717, 1.165) is 44.8 Å². The number of aryl methyl sites for hydroxylation is 1. The molecule has 0 saturated carbocycles. The molecule has 2 heterocycles. The first-order chi connectivity index (χ1) is 14.5. The Balaban J connectivity index is 1.73. The third-order valence-electron chi connectivity index (χ3n) is 5.04. The number of carbonyl (C=O) groups is 1. The third-order valence-corrected chi connectivity index (χ3v) is 7.75. The van der Waals surface area contributed by atoms with Crippen LogP contribution in [0.5, 0.6) is 0 Å². The molecule has 7 heteroatoms. The minimum atomic E-state index is -0.0743. The van der Waals surface area contributed by atoms with Gasteiger partial charge in [-0.05, 0) is 57.2 Å². The average molecular weight is 458 g/mol. The maximum Gasteiger partial charge on any atom is 0.271 e. The summed E-state index contributed by atoms with van der Waals surface area (Å²) in [6.45, 7) is 3.64. The number of carbonyl (C=O) groups excluding carboxylic acids is 1. The van der Waals surface area contributed by atoms with Crippen LogP contribution in [0.2, 0.25) is 5.02 Å². The summed E-state index contributed by atoms with van der Waals surface area (Å²) in [5.41, 5.74) is 2.20. The molecule has 4 nitrogen and oxygen atoms in total. The fourth-order valence-corrected chi connectivity index (χ4v) is 5.91. The Morgan fingerprint density at radius 2 is 1.87 bits per heavy atom. The Hall–Kier alpha value is -1.99. The van der Waals surface area contributed by atoms with Gasteiger partial charge >= 0.3 is 0 Å². The largest absolute Gasteiger partial charge is 0.309 e. The van der Waals surface area contributed by atoms with Gasteiger partial charge in [-0.15, -0.1) is 11.3 Å².